The zero-order valence-electron chi connectivity index (χ0n) is 10.3. The van der Waals surface area contributed by atoms with Gasteiger partial charge in [-0.2, -0.15) is 5.10 Å². The second kappa shape index (κ2) is 5.81. The molecule has 100 valence electrons. The fraction of sp³-hybridized carbons (Fsp3) is 0.250. The van der Waals surface area contributed by atoms with Gasteiger partial charge in [0.15, 0.2) is 0 Å². The summed E-state index contributed by atoms with van der Waals surface area (Å²) in [5.41, 5.74) is 1.64. The summed E-state index contributed by atoms with van der Waals surface area (Å²) in [4.78, 5) is 10.5. The predicted octanol–water partition coefficient (Wildman–Crippen LogP) is 2.27. The topological polar surface area (TPSA) is 73.0 Å². The third-order valence-corrected chi connectivity index (χ3v) is 3.02. The molecule has 1 aromatic carbocycles. The van der Waals surface area contributed by atoms with Crippen molar-refractivity contribution in [3.8, 4) is 0 Å². The lowest BCUT2D eigenvalue weighted by atomic mass is 10.2. The Labute approximate surface area is 115 Å². The molecule has 0 saturated heterocycles. The molecule has 1 aromatic heterocycles. The molecule has 0 aliphatic rings. The first kappa shape index (κ1) is 13.5. The highest BCUT2D eigenvalue weighted by Gasteiger charge is 2.13. The quantitative estimate of drug-likeness (QED) is 0.673. The smallest absolute Gasteiger partial charge is 0.273 e. The molecule has 0 atom stereocenters. The van der Waals surface area contributed by atoms with E-state index < -0.39 is 4.92 Å². The molecule has 0 spiro atoms. The lowest BCUT2D eigenvalue weighted by Gasteiger charge is -2.06. The van der Waals surface area contributed by atoms with Crippen LogP contribution in [-0.2, 0) is 20.1 Å². The zero-order chi connectivity index (χ0) is 13.8. The molecule has 0 unspecified atom stereocenters. The SMILES string of the molecule is Cn1nccc1CNCc1cc(Cl)ccc1[N+](=O)[O-]. The Balaban J connectivity index is 2.05. The van der Waals surface area contributed by atoms with Crippen molar-refractivity contribution in [1.29, 1.82) is 0 Å². The van der Waals surface area contributed by atoms with E-state index in [0.717, 1.165) is 5.69 Å². The molecular weight excluding hydrogens is 268 g/mol. The van der Waals surface area contributed by atoms with Gasteiger partial charge in [0.1, 0.15) is 0 Å². The van der Waals surface area contributed by atoms with Gasteiger partial charge in [0.05, 0.1) is 10.6 Å². The molecule has 0 fully saturated rings. The highest BCUT2D eigenvalue weighted by Crippen LogP contribution is 2.22. The number of hydrogen-bond donors (Lipinski definition) is 1. The van der Waals surface area contributed by atoms with Crippen LogP contribution in [0, 0.1) is 10.1 Å². The molecule has 0 radical (unpaired) electrons. The first-order valence-electron chi connectivity index (χ1n) is 5.68. The summed E-state index contributed by atoms with van der Waals surface area (Å²) in [6.45, 7) is 0.961. The van der Waals surface area contributed by atoms with Crippen LogP contribution in [-0.4, -0.2) is 14.7 Å². The van der Waals surface area contributed by atoms with E-state index in [0.29, 0.717) is 23.7 Å². The molecule has 1 N–H and O–H groups in total. The van der Waals surface area contributed by atoms with Crippen molar-refractivity contribution >= 4 is 17.3 Å². The van der Waals surface area contributed by atoms with E-state index in [-0.39, 0.29) is 5.69 Å². The van der Waals surface area contributed by atoms with Gasteiger partial charge in [-0.25, -0.2) is 0 Å². The van der Waals surface area contributed by atoms with Gasteiger partial charge in [-0.1, -0.05) is 11.6 Å². The minimum absolute atomic E-state index is 0.0712. The van der Waals surface area contributed by atoms with Crippen LogP contribution in [0.1, 0.15) is 11.3 Å². The van der Waals surface area contributed by atoms with Crippen LogP contribution in [0.2, 0.25) is 5.02 Å². The number of rotatable bonds is 5. The number of aromatic nitrogens is 2. The maximum absolute atomic E-state index is 10.9. The van der Waals surface area contributed by atoms with Crippen molar-refractivity contribution in [3.63, 3.8) is 0 Å². The van der Waals surface area contributed by atoms with E-state index in [1.54, 1.807) is 16.9 Å². The van der Waals surface area contributed by atoms with Crippen molar-refractivity contribution < 1.29 is 4.92 Å². The Kier molecular flexibility index (Phi) is 4.13. The Hall–Kier alpha value is -1.92. The standard InChI is InChI=1S/C12H13ClN4O2/c1-16-11(4-5-15-16)8-14-7-9-6-10(13)2-3-12(9)17(18)19/h2-6,14H,7-8H2,1H3. The van der Waals surface area contributed by atoms with Gasteiger partial charge >= 0.3 is 0 Å². The molecule has 2 rings (SSSR count). The molecule has 7 heteroatoms. The van der Waals surface area contributed by atoms with Gasteiger partial charge in [0, 0.05) is 43.0 Å². The number of benzene rings is 1. The van der Waals surface area contributed by atoms with Gasteiger partial charge in [-0.05, 0) is 18.2 Å². The van der Waals surface area contributed by atoms with Crippen LogP contribution in [0.4, 0.5) is 5.69 Å². The highest BCUT2D eigenvalue weighted by molar-refractivity contribution is 6.30. The van der Waals surface area contributed by atoms with Gasteiger partial charge in [-0.3, -0.25) is 14.8 Å². The van der Waals surface area contributed by atoms with Crippen LogP contribution in [0.15, 0.2) is 30.5 Å². The molecular formula is C12H13ClN4O2. The average molecular weight is 281 g/mol. The first-order chi connectivity index (χ1) is 9.08. The van der Waals surface area contributed by atoms with Crippen molar-refractivity contribution in [2.75, 3.05) is 0 Å². The van der Waals surface area contributed by atoms with Crippen LogP contribution >= 0.6 is 11.6 Å². The van der Waals surface area contributed by atoms with Gasteiger partial charge in [0.2, 0.25) is 0 Å². The van der Waals surface area contributed by atoms with Crippen LogP contribution in [0.3, 0.4) is 0 Å². The minimum atomic E-state index is -0.405. The molecule has 6 nitrogen and oxygen atoms in total. The monoisotopic (exact) mass is 280 g/mol. The Morgan fingerprint density at radius 1 is 1.42 bits per heavy atom. The molecule has 19 heavy (non-hydrogen) atoms. The molecule has 0 aliphatic carbocycles. The highest BCUT2D eigenvalue weighted by atomic mass is 35.5. The number of nitrogens with zero attached hydrogens (tertiary/aromatic N) is 3. The zero-order valence-corrected chi connectivity index (χ0v) is 11.1. The Morgan fingerprint density at radius 3 is 2.84 bits per heavy atom. The molecule has 0 amide bonds. The summed E-state index contributed by atoms with van der Waals surface area (Å²) >= 11 is 5.86. The van der Waals surface area contributed by atoms with E-state index in [9.17, 15) is 10.1 Å². The predicted molar refractivity (Wildman–Crippen MR) is 71.9 cm³/mol. The number of nitro benzene ring substituents is 1. The average Bonchev–Trinajstić information content (AvgIpc) is 2.75. The van der Waals surface area contributed by atoms with E-state index >= 15 is 0 Å². The second-order valence-corrected chi connectivity index (χ2v) is 4.52. The number of hydrogen-bond acceptors (Lipinski definition) is 4. The van der Waals surface area contributed by atoms with E-state index in [4.69, 9.17) is 11.6 Å². The Morgan fingerprint density at radius 2 is 2.21 bits per heavy atom. The van der Waals surface area contributed by atoms with Gasteiger partial charge in [0.25, 0.3) is 5.69 Å². The number of nitro groups is 1. The second-order valence-electron chi connectivity index (χ2n) is 4.08. The summed E-state index contributed by atoms with van der Waals surface area (Å²) in [5, 5.41) is 18.6. The maximum Gasteiger partial charge on any atom is 0.273 e. The van der Waals surface area contributed by atoms with Crippen molar-refractivity contribution in [1.82, 2.24) is 15.1 Å². The molecule has 1 heterocycles. The fourth-order valence-electron chi connectivity index (χ4n) is 1.77. The van der Waals surface area contributed by atoms with Gasteiger partial charge in [-0.15, -0.1) is 0 Å². The van der Waals surface area contributed by atoms with E-state index in [1.165, 1.54) is 12.1 Å². The van der Waals surface area contributed by atoms with E-state index in [2.05, 4.69) is 10.4 Å². The van der Waals surface area contributed by atoms with Crippen molar-refractivity contribution in [2.24, 2.45) is 7.05 Å². The number of aryl methyl sites for hydroxylation is 1. The lowest BCUT2D eigenvalue weighted by Crippen LogP contribution is -2.16. The summed E-state index contributed by atoms with van der Waals surface area (Å²) in [5.74, 6) is 0. The summed E-state index contributed by atoms with van der Waals surface area (Å²) in [7, 11) is 1.85. The third kappa shape index (κ3) is 3.30. The first-order valence-corrected chi connectivity index (χ1v) is 6.06. The molecule has 0 saturated carbocycles. The maximum atomic E-state index is 10.9. The van der Waals surface area contributed by atoms with Crippen LogP contribution < -0.4 is 5.32 Å². The summed E-state index contributed by atoms with van der Waals surface area (Å²) < 4.78 is 1.75. The van der Waals surface area contributed by atoms with Crippen LogP contribution in [0.25, 0.3) is 0 Å². The molecule has 0 aliphatic heterocycles. The normalized spacial score (nSPS) is 10.6. The minimum Gasteiger partial charge on any atom is -0.307 e. The van der Waals surface area contributed by atoms with Gasteiger partial charge < -0.3 is 5.32 Å². The number of nitrogens with one attached hydrogen (secondary N) is 1. The number of halogens is 1. The molecule has 2 aromatic rings. The Bertz CT molecular complexity index is 597. The van der Waals surface area contributed by atoms with E-state index in [1.807, 2.05) is 13.1 Å². The largest absolute Gasteiger partial charge is 0.307 e. The third-order valence-electron chi connectivity index (χ3n) is 2.78. The van der Waals surface area contributed by atoms with Crippen molar-refractivity contribution in [3.05, 3.63) is 56.9 Å². The fourth-order valence-corrected chi connectivity index (χ4v) is 1.97. The van der Waals surface area contributed by atoms with Crippen LogP contribution in [0.5, 0.6) is 0 Å². The molecule has 0 bridgehead atoms. The summed E-state index contributed by atoms with van der Waals surface area (Å²) in [6.07, 6.45) is 1.71. The van der Waals surface area contributed by atoms with Crippen molar-refractivity contribution in [2.45, 2.75) is 13.1 Å². The lowest BCUT2D eigenvalue weighted by molar-refractivity contribution is -0.385. The summed E-state index contributed by atoms with van der Waals surface area (Å²) in [6, 6.07) is 6.43.